The van der Waals surface area contributed by atoms with Crippen LogP contribution in [-0.2, 0) is 6.54 Å². The van der Waals surface area contributed by atoms with E-state index in [0.29, 0.717) is 18.3 Å². The van der Waals surface area contributed by atoms with Crippen molar-refractivity contribution in [3.8, 4) is 0 Å². The van der Waals surface area contributed by atoms with Gasteiger partial charge in [0.2, 0.25) is 5.89 Å². The maximum atomic E-state index is 6.01. The van der Waals surface area contributed by atoms with Gasteiger partial charge < -0.3 is 9.84 Å². The fraction of sp³-hybridized carbons (Fsp3) is 0.273. The van der Waals surface area contributed by atoms with Crippen LogP contribution in [0.15, 0.2) is 22.7 Å². The lowest BCUT2D eigenvalue weighted by atomic mass is 10.2. The number of nitrogens with zero attached hydrogens (tertiary/aromatic N) is 2. The quantitative estimate of drug-likeness (QED) is 0.892. The van der Waals surface area contributed by atoms with Gasteiger partial charge in [0.25, 0.3) is 0 Å². The fourth-order valence-electron chi connectivity index (χ4n) is 1.30. The lowest BCUT2D eigenvalue weighted by molar-refractivity contribution is 0.388. The Hall–Kier alpha value is -1.55. The molecule has 1 aromatic heterocycles. The summed E-state index contributed by atoms with van der Waals surface area (Å²) in [5.74, 6) is 1.20. The van der Waals surface area contributed by atoms with Crippen LogP contribution in [0.25, 0.3) is 0 Å². The molecule has 5 heteroatoms. The molecule has 0 aliphatic heterocycles. The molecule has 2 aromatic rings. The molecule has 2 rings (SSSR count). The number of aromatic nitrogens is 2. The van der Waals surface area contributed by atoms with Crippen LogP contribution in [0.2, 0.25) is 5.02 Å². The van der Waals surface area contributed by atoms with Gasteiger partial charge >= 0.3 is 0 Å². The van der Waals surface area contributed by atoms with Crippen molar-refractivity contribution in [1.29, 1.82) is 0 Å². The second-order valence-electron chi connectivity index (χ2n) is 3.55. The van der Waals surface area contributed by atoms with Crippen molar-refractivity contribution >= 4 is 17.3 Å². The number of hydrogen-bond donors (Lipinski definition) is 1. The normalized spacial score (nSPS) is 10.4. The first-order valence-electron chi connectivity index (χ1n) is 4.94. The van der Waals surface area contributed by atoms with Crippen LogP contribution in [0.4, 0.5) is 5.69 Å². The predicted octanol–water partition coefficient (Wildman–Crippen LogP) is 2.95. The summed E-state index contributed by atoms with van der Waals surface area (Å²) < 4.78 is 4.87. The largest absolute Gasteiger partial charge is 0.378 e. The van der Waals surface area contributed by atoms with Crippen molar-refractivity contribution in [2.24, 2.45) is 0 Å². The van der Waals surface area contributed by atoms with Gasteiger partial charge in [-0.15, -0.1) is 0 Å². The summed E-state index contributed by atoms with van der Waals surface area (Å²) in [7, 11) is 0. The summed E-state index contributed by atoms with van der Waals surface area (Å²) in [4.78, 5) is 4.09. The summed E-state index contributed by atoms with van der Waals surface area (Å²) in [6, 6.07) is 5.81. The van der Waals surface area contributed by atoms with Crippen LogP contribution < -0.4 is 5.32 Å². The lowest BCUT2D eigenvalue weighted by Gasteiger charge is -2.05. The monoisotopic (exact) mass is 237 g/mol. The molecule has 0 amide bonds. The number of anilines is 1. The molecule has 0 bridgehead atoms. The van der Waals surface area contributed by atoms with Crippen molar-refractivity contribution in [2.45, 2.75) is 20.4 Å². The third-order valence-corrected chi connectivity index (χ3v) is 2.60. The number of nitrogens with one attached hydrogen (secondary N) is 1. The van der Waals surface area contributed by atoms with Gasteiger partial charge in [-0.3, -0.25) is 0 Å². The van der Waals surface area contributed by atoms with Gasteiger partial charge in [0.1, 0.15) is 0 Å². The van der Waals surface area contributed by atoms with E-state index in [2.05, 4.69) is 15.5 Å². The van der Waals surface area contributed by atoms with Crippen LogP contribution in [0.1, 0.15) is 17.3 Å². The molecule has 0 spiro atoms. The summed E-state index contributed by atoms with van der Waals surface area (Å²) in [5, 5.41) is 7.71. The molecule has 1 N–H and O–H groups in total. The van der Waals surface area contributed by atoms with Crippen LogP contribution >= 0.6 is 11.6 Å². The van der Waals surface area contributed by atoms with E-state index in [1.807, 2.05) is 25.1 Å². The number of rotatable bonds is 3. The number of hydrogen-bond acceptors (Lipinski definition) is 4. The van der Waals surface area contributed by atoms with E-state index in [1.165, 1.54) is 0 Å². The van der Waals surface area contributed by atoms with Crippen molar-refractivity contribution in [1.82, 2.24) is 10.1 Å². The second kappa shape index (κ2) is 4.53. The molecule has 0 radical (unpaired) electrons. The first kappa shape index (κ1) is 11.0. The third kappa shape index (κ3) is 2.52. The van der Waals surface area contributed by atoms with Crippen LogP contribution in [0.5, 0.6) is 0 Å². The molecule has 0 aliphatic carbocycles. The molecule has 0 unspecified atom stereocenters. The highest BCUT2D eigenvalue weighted by Crippen LogP contribution is 2.20. The lowest BCUT2D eigenvalue weighted by Crippen LogP contribution is -2.01. The van der Waals surface area contributed by atoms with Crippen molar-refractivity contribution < 1.29 is 4.52 Å². The molecule has 0 atom stereocenters. The molecule has 0 saturated carbocycles. The minimum absolute atomic E-state index is 0.525. The molecule has 1 aromatic carbocycles. The Morgan fingerprint density at radius 1 is 1.38 bits per heavy atom. The molecular formula is C11H12ClN3O. The zero-order valence-electron chi connectivity index (χ0n) is 9.12. The van der Waals surface area contributed by atoms with Crippen molar-refractivity contribution in [3.63, 3.8) is 0 Å². The summed E-state index contributed by atoms with van der Waals surface area (Å²) in [6.07, 6.45) is 0. The van der Waals surface area contributed by atoms with E-state index in [4.69, 9.17) is 16.1 Å². The second-order valence-corrected chi connectivity index (χ2v) is 3.95. The van der Waals surface area contributed by atoms with E-state index in [-0.39, 0.29) is 0 Å². The number of halogens is 1. The smallest absolute Gasteiger partial charge is 0.223 e. The zero-order chi connectivity index (χ0) is 11.5. The third-order valence-electron chi connectivity index (χ3n) is 2.19. The van der Waals surface area contributed by atoms with Gasteiger partial charge in [0, 0.05) is 17.6 Å². The number of benzene rings is 1. The minimum Gasteiger partial charge on any atom is -0.378 e. The molecule has 84 valence electrons. The van der Waals surface area contributed by atoms with E-state index in [9.17, 15) is 0 Å². The van der Waals surface area contributed by atoms with Crippen LogP contribution in [0.3, 0.4) is 0 Å². The molecule has 0 aliphatic rings. The maximum absolute atomic E-state index is 6.01. The summed E-state index contributed by atoms with van der Waals surface area (Å²) in [5.41, 5.74) is 2.00. The Morgan fingerprint density at radius 3 is 2.81 bits per heavy atom. The van der Waals surface area contributed by atoms with Crippen molar-refractivity contribution in [3.05, 3.63) is 40.5 Å². The maximum Gasteiger partial charge on any atom is 0.223 e. The molecule has 0 fully saturated rings. The Morgan fingerprint density at radius 2 is 2.19 bits per heavy atom. The topological polar surface area (TPSA) is 51.0 Å². The minimum atomic E-state index is 0.525. The highest BCUT2D eigenvalue weighted by atomic mass is 35.5. The summed E-state index contributed by atoms with van der Waals surface area (Å²) in [6.45, 7) is 4.25. The Bertz CT molecular complexity index is 496. The van der Waals surface area contributed by atoms with E-state index >= 15 is 0 Å². The van der Waals surface area contributed by atoms with E-state index < -0.39 is 0 Å². The molecule has 16 heavy (non-hydrogen) atoms. The van der Waals surface area contributed by atoms with Gasteiger partial charge in [-0.2, -0.15) is 4.98 Å². The molecule has 1 heterocycles. The SMILES string of the molecule is Cc1nc(CNc2ccc(C)c(Cl)c2)no1. The van der Waals surface area contributed by atoms with E-state index in [1.54, 1.807) is 6.92 Å². The number of aryl methyl sites for hydroxylation is 2. The highest BCUT2D eigenvalue weighted by molar-refractivity contribution is 6.31. The zero-order valence-corrected chi connectivity index (χ0v) is 9.88. The van der Waals surface area contributed by atoms with E-state index in [0.717, 1.165) is 16.3 Å². The first-order chi connectivity index (χ1) is 7.65. The van der Waals surface area contributed by atoms with Gasteiger partial charge in [0.05, 0.1) is 6.54 Å². The van der Waals surface area contributed by atoms with Gasteiger partial charge in [0.15, 0.2) is 5.82 Å². The molecule has 0 saturated heterocycles. The van der Waals surface area contributed by atoms with Gasteiger partial charge in [-0.05, 0) is 24.6 Å². The molecular weight excluding hydrogens is 226 g/mol. The predicted molar refractivity (Wildman–Crippen MR) is 62.6 cm³/mol. The standard InChI is InChI=1S/C11H12ClN3O/c1-7-3-4-9(5-10(7)12)13-6-11-14-8(2)16-15-11/h3-5,13H,6H2,1-2H3. The van der Waals surface area contributed by atoms with Gasteiger partial charge in [-0.1, -0.05) is 22.8 Å². The molecule has 4 nitrogen and oxygen atoms in total. The van der Waals surface area contributed by atoms with Crippen LogP contribution in [0, 0.1) is 13.8 Å². The van der Waals surface area contributed by atoms with Crippen molar-refractivity contribution in [2.75, 3.05) is 5.32 Å². The Labute approximate surface area is 98.6 Å². The highest BCUT2D eigenvalue weighted by Gasteiger charge is 2.02. The first-order valence-corrected chi connectivity index (χ1v) is 5.32. The summed E-state index contributed by atoms with van der Waals surface area (Å²) >= 11 is 6.01. The average Bonchev–Trinajstić information content (AvgIpc) is 2.66. The average molecular weight is 238 g/mol. The van der Waals surface area contributed by atoms with Crippen LogP contribution in [-0.4, -0.2) is 10.1 Å². The van der Waals surface area contributed by atoms with Gasteiger partial charge in [-0.25, -0.2) is 0 Å². The Balaban J connectivity index is 2.02. The fourth-order valence-corrected chi connectivity index (χ4v) is 1.48. The Kier molecular flexibility index (Phi) is 3.10.